The van der Waals surface area contributed by atoms with Crippen LogP contribution >= 0.6 is 0 Å². The zero-order chi connectivity index (χ0) is 24.9. The Hall–Kier alpha value is -3.60. The molecule has 3 heterocycles. The third-order valence-electron chi connectivity index (χ3n) is 8.56. The second-order valence-corrected chi connectivity index (χ2v) is 12.1. The summed E-state index contributed by atoms with van der Waals surface area (Å²) in [4.78, 5) is 9.09. The average Bonchev–Trinajstić information content (AvgIpc) is 3.23. The van der Waals surface area contributed by atoms with Crippen LogP contribution in [-0.4, -0.2) is 9.54 Å². The van der Waals surface area contributed by atoms with Gasteiger partial charge in [-0.3, -0.25) is 4.90 Å². The Bertz CT molecular complexity index is 1700. The molecule has 8 rings (SSSR count). The summed E-state index contributed by atoms with van der Waals surface area (Å²) in [5, 5.41) is 0. The lowest BCUT2D eigenvalue weighted by atomic mass is 9.63. The van der Waals surface area contributed by atoms with E-state index in [1.807, 2.05) is 12.3 Å². The van der Waals surface area contributed by atoms with E-state index in [0.29, 0.717) is 5.92 Å². The molecule has 0 N–H and O–H groups in total. The number of benzene rings is 3. The molecule has 4 aliphatic rings. The monoisotopic (exact) mass is 498 g/mol. The Labute approximate surface area is 220 Å². The van der Waals surface area contributed by atoms with Crippen molar-refractivity contribution in [3.05, 3.63) is 125 Å². The molecule has 180 valence electrons. The van der Waals surface area contributed by atoms with E-state index in [2.05, 4.69) is 97.6 Å². The molecule has 0 radical (unpaired) electrons. The standard InChI is InChI=1S/C33H26N2OS/c1-20(2)21-16-17-29-28(19-21)35-31-26(13-7-15-30(31)37(29)36)33(27-14-8-18-34-32(27)35)24-11-5-3-9-22(24)23-10-4-6-12-25(23)33/h3-5,7-11,13-20H,6,12H2,1-2H3. The molecule has 2 atom stereocenters. The number of pyridine rings is 1. The van der Waals surface area contributed by atoms with Gasteiger partial charge < -0.3 is 4.55 Å². The van der Waals surface area contributed by atoms with Crippen LogP contribution in [0.1, 0.15) is 60.4 Å². The first-order valence-corrected chi connectivity index (χ1v) is 14.2. The van der Waals surface area contributed by atoms with E-state index in [4.69, 9.17) is 4.98 Å². The lowest BCUT2D eigenvalue weighted by Gasteiger charge is -2.47. The predicted octanol–water partition coefficient (Wildman–Crippen LogP) is 7.92. The van der Waals surface area contributed by atoms with Crippen LogP contribution in [0.5, 0.6) is 0 Å². The summed E-state index contributed by atoms with van der Waals surface area (Å²) in [5.74, 6) is 1.32. The van der Waals surface area contributed by atoms with Crippen LogP contribution < -0.4 is 4.90 Å². The first-order chi connectivity index (χ1) is 18.1. The first-order valence-electron chi connectivity index (χ1n) is 13.1. The van der Waals surface area contributed by atoms with Crippen LogP contribution in [0.3, 0.4) is 0 Å². The van der Waals surface area contributed by atoms with Crippen LogP contribution in [0.4, 0.5) is 17.2 Å². The summed E-state index contributed by atoms with van der Waals surface area (Å²) in [7, 11) is 0. The largest absolute Gasteiger partial charge is 0.606 e. The van der Waals surface area contributed by atoms with Gasteiger partial charge in [-0.25, -0.2) is 4.98 Å². The van der Waals surface area contributed by atoms with Crippen molar-refractivity contribution in [2.75, 3.05) is 4.90 Å². The van der Waals surface area contributed by atoms with Gasteiger partial charge in [0.2, 0.25) is 0 Å². The van der Waals surface area contributed by atoms with Crippen LogP contribution in [0, 0.1) is 0 Å². The van der Waals surface area contributed by atoms with E-state index in [1.54, 1.807) is 0 Å². The fraction of sp³-hybridized carbons (Fsp3) is 0.182. The van der Waals surface area contributed by atoms with E-state index in [-0.39, 0.29) is 0 Å². The maximum Gasteiger partial charge on any atom is 0.182 e. The molecular formula is C33H26N2OS. The summed E-state index contributed by atoms with van der Waals surface area (Å²) in [6.07, 6.45) is 8.53. The minimum Gasteiger partial charge on any atom is -0.606 e. The smallest absolute Gasteiger partial charge is 0.182 e. The van der Waals surface area contributed by atoms with Crippen molar-refractivity contribution in [3.8, 4) is 0 Å². The van der Waals surface area contributed by atoms with E-state index in [1.165, 1.54) is 39.0 Å². The normalized spacial score (nSPS) is 22.1. The number of hydrogen-bond acceptors (Lipinski definition) is 3. The van der Waals surface area contributed by atoms with Gasteiger partial charge in [-0.15, -0.1) is 0 Å². The van der Waals surface area contributed by atoms with Crippen LogP contribution in [0.15, 0.2) is 107 Å². The fourth-order valence-electron chi connectivity index (χ4n) is 7.03. The second kappa shape index (κ2) is 7.47. The third kappa shape index (κ3) is 2.55. The Morgan fingerprint density at radius 3 is 2.65 bits per heavy atom. The average molecular weight is 499 g/mol. The number of aromatic nitrogens is 1. The molecule has 4 heteroatoms. The van der Waals surface area contributed by atoms with Crippen molar-refractivity contribution < 1.29 is 4.55 Å². The minimum atomic E-state index is -1.27. The lowest BCUT2D eigenvalue weighted by Crippen LogP contribution is -2.40. The molecule has 1 aromatic heterocycles. The molecule has 4 aromatic rings. The van der Waals surface area contributed by atoms with Gasteiger partial charge in [0.05, 0.1) is 5.41 Å². The minimum absolute atomic E-state index is 0.373. The molecule has 3 nitrogen and oxygen atoms in total. The molecule has 37 heavy (non-hydrogen) atoms. The molecule has 0 amide bonds. The topological polar surface area (TPSA) is 39.2 Å². The van der Waals surface area contributed by atoms with Crippen molar-refractivity contribution >= 4 is 33.9 Å². The number of hydrogen-bond donors (Lipinski definition) is 0. The predicted molar refractivity (Wildman–Crippen MR) is 149 cm³/mol. The van der Waals surface area contributed by atoms with E-state index in [9.17, 15) is 4.55 Å². The number of nitrogens with zero attached hydrogens (tertiary/aromatic N) is 2. The number of allylic oxidation sites excluding steroid dienone is 4. The first kappa shape index (κ1) is 21.5. The van der Waals surface area contributed by atoms with Crippen LogP contribution in [0.2, 0.25) is 0 Å². The molecule has 2 aliphatic heterocycles. The number of rotatable bonds is 1. The Kier molecular flexibility index (Phi) is 4.34. The van der Waals surface area contributed by atoms with Crippen molar-refractivity contribution in [1.82, 2.24) is 4.98 Å². The molecule has 0 bridgehead atoms. The summed E-state index contributed by atoms with van der Waals surface area (Å²) in [5.41, 5.74) is 10.6. The molecule has 2 aliphatic carbocycles. The van der Waals surface area contributed by atoms with E-state index in [0.717, 1.165) is 39.8 Å². The molecule has 3 aromatic carbocycles. The zero-order valence-corrected chi connectivity index (χ0v) is 21.7. The van der Waals surface area contributed by atoms with Gasteiger partial charge in [0.1, 0.15) is 17.2 Å². The summed E-state index contributed by atoms with van der Waals surface area (Å²) >= 11 is -1.27. The molecular weight excluding hydrogens is 472 g/mol. The van der Waals surface area contributed by atoms with Gasteiger partial charge in [-0.1, -0.05) is 74.5 Å². The SMILES string of the molecule is CC(C)c1ccc2c(c1)N1c3ncccc3C3(C4=C(C=CCC4)c4ccccc43)c3cccc(c31)[S+]2[O-]. The molecule has 1 spiro atoms. The Morgan fingerprint density at radius 1 is 0.919 bits per heavy atom. The van der Waals surface area contributed by atoms with Gasteiger partial charge in [0.25, 0.3) is 0 Å². The Balaban J connectivity index is 1.54. The summed E-state index contributed by atoms with van der Waals surface area (Å²) in [6, 6.07) is 26.0. The van der Waals surface area contributed by atoms with E-state index < -0.39 is 16.6 Å². The van der Waals surface area contributed by atoms with Gasteiger partial charge in [0, 0.05) is 28.5 Å². The molecule has 0 saturated heterocycles. The molecule has 0 fully saturated rings. The Morgan fingerprint density at radius 2 is 1.76 bits per heavy atom. The van der Waals surface area contributed by atoms with Gasteiger partial charge >= 0.3 is 0 Å². The highest BCUT2D eigenvalue weighted by Crippen LogP contribution is 2.66. The maximum absolute atomic E-state index is 14.1. The molecule has 2 unspecified atom stereocenters. The van der Waals surface area contributed by atoms with Gasteiger partial charge in [-0.2, -0.15) is 0 Å². The van der Waals surface area contributed by atoms with Crippen molar-refractivity contribution in [2.24, 2.45) is 0 Å². The number of para-hydroxylation sites is 1. The van der Waals surface area contributed by atoms with Crippen LogP contribution in [-0.2, 0) is 16.6 Å². The van der Waals surface area contributed by atoms with Gasteiger partial charge in [-0.05, 0) is 70.9 Å². The fourth-order valence-corrected chi connectivity index (χ4v) is 8.38. The highest BCUT2D eigenvalue weighted by Gasteiger charge is 2.55. The highest BCUT2D eigenvalue weighted by atomic mass is 32.2. The lowest BCUT2D eigenvalue weighted by molar-refractivity contribution is 0.592. The highest BCUT2D eigenvalue weighted by molar-refractivity contribution is 7.92. The van der Waals surface area contributed by atoms with Crippen LogP contribution in [0.25, 0.3) is 5.57 Å². The maximum atomic E-state index is 14.1. The quantitative estimate of drug-likeness (QED) is 0.250. The molecule has 0 saturated carbocycles. The second-order valence-electron chi connectivity index (χ2n) is 10.6. The van der Waals surface area contributed by atoms with Gasteiger partial charge in [0.15, 0.2) is 9.79 Å². The van der Waals surface area contributed by atoms with Crippen molar-refractivity contribution in [2.45, 2.75) is 47.8 Å². The summed E-state index contributed by atoms with van der Waals surface area (Å²) < 4.78 is 14.1. The number of anilines is 3. The third-order valence-corrected chi connectivity index (χ3v) is 10.0. The zero-order valence-electron chi connectivity index (χ0n) is 20.9. The van der Waals surface area contributed by atoms with E-state index >= 15 is 0 Å². The summed E-state index contributed by atoms with van der Waals surface area (Å²) in [6.45, 7) is 4.41. The van der Waals surface area contributed by atoms with Crippen molar-refractivity contribution in [1.29, 1.82) is 0 Å². The number of fused-ring (bicyclic) bond motifs is 10. The van der Waals surface area contributed by atoms with Crippen molar-refractivity contribution in [3.63, 3.8) is 0 Å².